The molecule has 2 bridgehead atoms. The summed E-state index contributed by atoms with van der Waals surface area (Å²) < 4.78 is 38.9. The van der Waals surface area contributed by atoms with Crippen molar-refractivity contribution in [3.63, 3.8) is 0 Å². The highest BCUT2D eigenvalue weighted by molar-refractivity contribution is 7.88. The Morgan fingerprint density at radius 1 is 0.923 bits per heavy atom. The molecule has 1 aromatic heterocycles. The molecule has 2 aliphatic carbocycles. The molecule has 272 valence electrons. The monoisotopic (exact) mass is 721 g/mol. The zero-order chi connectivity index (χ0) is 35.8. The number of nitrogens with zero attached hydrogens (tertiary/aromatic N) is 3. The van der Waals surface area contributed by atoms with E-state index in [0.29, 0.717) is 12.5 Å². The quantitative estimate of drug-likeness (QED) is 0.234. The number of rotatable bonds is 8. The molecule has 9 rings (SSSR count). The van der Waals surface area contributed by atoms with Gasteiger partial charge in [0.1, 0.15) is 5.75 Å². The van der Waals surface area contributed by atoms with Crippen LogP contribution < -0.4 is 14.2 Å². The summed E-state index contributed by atoms with van der Waals surface area (Å²) in [6.45, 7) is 2.38. The zero-order valence-corrected chi connectivity index (χ0v) is 30.8. The van der Waals surface area contributed by atoms with Gasteiger partial charge in [0.15, 0.2) is 0 Å². The van der Waals surface area contributed by atoms with Gasteiger partial charge in [-0.2, -0.15) is 13.1 Å². The van der Waals surface area contributed by atoms with Crippen molar-refractivity contribution in [3.8, 4) is 17.0 Å². The highest BCUT2D eigenvalue weighted by Gasteiger charge is 2.65. The van der Waals surface area contributed by atoms with Crippen LogP contribution in [-0.2, 0) is 28.1 Å². The molecule has 2 saturated heterocycles. The van der Waals surface area contributed by atoms with Crippen LogP contribution in [-0.4, -0.2) is 73.9 Å². The molecular weight excluding hydrogens is 675 g/mol. The number of likely N-dealkylation sites (N-methyl/N-ethyl adjacent to an activating group) is 1. The summed E-state index contributed by atoms with van der Waals surface area (Å²) in [5.41, 5.74) is 6.04. The van der Waals surface area contributed by atoms with Crippen LogP contribution in [0.4, 0.5) is 0 Å². The van der Waals surface area contributed by atoms with Crippen LogP contribution >= 0.6 is 0 Å². The minimum atomic E-state index is -4.13. The minimum Gasteiger partial charge on any atom is -0.497 e. The average Bonchev–Trinajstić information content (AvgIpc) is 3.74. The number of amides is 2. The molecule has 2 saturated carbocycles. The van der Waals surface area contributed by atoms with E-state index in [1.807, 2.05) is 48.5 Å². The molecule has 0 radical (unpaired) electrons. The third-order valence-electron chi connectivity index (χ3n) is 12.6. The number of hydrogen-bond acceptors (Lipinski definition) is 6. The minimum absolute atomic E-state index is 0.0608. The molecule has 3 aromatic carbocycles. The van der Waals surface area contributed by atoms with Gasteiger partial charge in [-0.25, -0.2) is 4.72 Å². The van der Waals surface area contributed by atoms with Crippen molar-refractivity contribution in [2.75, 3.05) is 27.2 Å². The van der Waals surface area contributed by atoms with Crippen molar-refractivity contribution in [1.82, 2.24) is 23.8 Å². The first-order valence-corrected chi connectivity index (χ1v) is 20.4. The van der Waals surface area contributed by atoms with Crippen molar-refractivity contribution in [3.05, 3.63) is 89.0 Å². The van der Waals surface area contributed by atoms with Gasteiger partial charge in [0.25, 0.3) is 5.91 Å². The summed E-state index contributed by atoms with van der Waals surface area (Å²) in [4.78, 5) is 33.3. The Bertz CT molecular complexity index is 2160. The molecule has 3 aliphatic heterocycles. The lowest BCUT2D eigenvalue weighted by Gasteiger charge is -2.41. The Morgan fingerprint density at radius 2 is 1.67 bits per heavy atom. The topological polar surface area (TPSA) is 113 Å². The third kappa shape index (κ3) is 5.63. The van der Waals surface area contributed by atoms with Gasteiger partial charge in [-0.3, -0.25) is 9.59 Å². The molecule has 2 N–H and O–H groups in total. The van der Waals surface area contributed by atoms with E-state index in [9.17, 15) is 13.2 Å². The fourth-order valence-electron chi connectivity index (χ4n) is 10.1. The van der Waals surface area contributed by atoms with Crippen molar-refractivity contribution < 1.29 is 22.7 Å². The van der Waals surface area contributed by atoms with Gasteiger partial charge in [-0.1, -0.05) is 55.7 Å². The van der Waals surface area contributed by atoms with E-state index < -0.39 is 21.5 Å². The predicted molar refractivity (Wildman–Crippen MR) is 200 cm³/mol. The molecule has 4 unspecified atom stereocenters. The lowest BCUT2D eigenvalue weighted by Crippen LogP contribution is -2.57. The van der Waals surface area contributed by atoms with E-state index in [0.717, 1.165) is 91.5 Å². The molecule has 52 heavy (non-hydrogen) atoms. The van der Waals surface area contributed by atoms with Gasteiger partial charge < -0.3 is 19.1 Å². The van der Waals surface area contributed by atoms with Crippen molar-refractivity contribution in [1.29, 1.82) is 0 Å². The SMILES string of the molecule is COc1ccc2c(c1)C1CC1(C(=O)N1C3CCC1CN(C)C3)Cn1c-2c(C2CCCCC2)c2ccc(C(=O)NS(=O)(=O)NCc3ccccc3)cc21. The number of piperazine rings is 1. The number of hydrogen-bond donors (Lipinski definition) is 2. The second kappa shape index (κ2) is 12.7. The number of carbonyl (C=O) groups excluding carboxylic acids is 2. The Kier molecular flexibility index (Phi) is 8.24. The molecule has 4 atom stereocenters. The van der Waals surface area contributed by atoms with Crippen LogP contribution in [0.2, 0.25) is 0 Å². The third-order valence-corrected chi connectivity index (χ3v) is 13.6. The standard InChI is InChI=1S/C41H47N5O5S/c1-44-23-29-14-15-30(24-44)46(29)40(48)41-21-35(41)34-20-31(51-2)16-18-32(34)38-37(27-11-7-4-8-12-27)33-17-13-28(19-36(33)45(38)25-41)39(47)43-52(49,50)42-22-26-9-5-3-6-10-26/h3,5-6,9-10,13,16-20,27,29-30,35,42H,4,7-8,11-12,14-15,21-25H2,1-2H3,(H,43,47). The molecule has 10 nitrogen and oxygen atoms in total. The summed E-state index contributed by atoms with van der Waals surface area (Å²) in [5.74, 6) is 0.756. The number of aromatic nitrogens is 1. The Morgan fingerprint density at radius 3 is 2.40 bits per heavy atom. The molecule has 0 spiro atoms. The second-order valence-electron chi connectivity index (χ2n) is 15.8. The Labute approximate surface area is 305 Å². The van der Waals surface area contributed by atoms with Gasteiger partial charge in [0.05, 0.1) is 18.2 Å². The van der Waals surface area contributed by atoms with Gasteiger partial charge in [-0.05, 0) is 92.1 Å². The first-order valence-electron chi connectivity index (χ1n) is 18.9. The number of carbonyl (C=O) groups is 2. The maximum atomic E-state index is 15.1. The Hall–Kier alpha value is -4.19. The lowest BCUT2D eigenvalue weighted by atomic mass is 9.81. The number of benzene rings is 3. The van der Waals surface area contributed by atoms with Gasteiger partial charge in [0, 0.05) is 66.2 Å². The fraction of sp³-hybridized carbons (Fsp3) is 0.463. The largest absolute Gasteiger partial charge is 0.497 e. The van der Waals surface area contributed by atoms with E-state index in [1.54, 1.807) is 13.2 Å². The summed E-state index contributed by atoms with van der Waals surface area (Å²) in [7, 11) is -0.278. The zero-order valence-electron chi connectivity index (χ0n) is 29.9. The maximum absolute atomic E-state index is 15.1. The van der Waals surface area contributed by atoms with E-state index in [4.69, 9.17) is 4.74 Å². The van der Waals surface area contributed by atoms with Crippen LogP contribution in [0.5, 0.6) is 5.75 Å². The first-order chi connectivity index (χ1) is 25.2. The molecule has 4 heterocycles. The fourth-order valence-corrected chi connectivity index (χ4v) is 10.9. The van der Waals surface area contributed by atoms with Crippen molar-refractivity contribution >= 4 is 32.9 Å². The van der Waals surface area contributed by atoms with E-state index in [-0.39, 0.29) is 36.0 Å². The van der Waals surface area contributed by atoms with Crippen LogP contribution in [0.25, 0.3) is 22.2 Å². The number of nitrogens with one attached hydrogen (secondary N) is 2. The summed E-state index contributed by atoms with van der Waals surface area (Å²) in [5, 5.41) is 1.08. The smallest absolute Gasteiger partial charge is 0.301 e. The lowest BCUT2D eigenvalue weighted by molar-refractivity contribution is -0.143. The van der Waals surface area contributed by atoms with Gasteiger partial charge in [-0.15, -0.1) is 0 Å². The molecular formula is C41H47N5O5S. The number of ether oxygens (including phenoxy) is 1. The normalized spacial score (nSPS) is 25.6. The highest BCUT2D eigenvalue weighted by Crippen LogP contribution is 2.66. The van der Waals surface area contributed by atoms with Crippen LogP contribution in [0.3, 0.4) is 0 Å². The number of fused-ring (bicyclic) bond motifs is 9. The first kappa shape index (κ1) is 33.6. The number of methoxy groups -OCH3 is 1. The predicted octanol–water partition coefficient (Wildman–Crippen LogP) is 5.92. The highest BCUT2D eigenvalue weighted by atomic mass is 32.2. The molecule has 4 aromatic rings. The van der Waals surface area contributed by atoms with E-state index in [2.05, 4.69) is 43.0 Å². The van der Waals surface area contributed by atoms with Crippen LogP contribution in [0, 0.1) is 5.41 Å². The Balaban J connectivity index is 1.15. The average molecular weight is 722 g/mol. The van der Waals surface area contributed by atoms with Gasteiger partial charge >= 0.3 is 10.2 Å². The summed E-state index contributed by atoms with van der Waals surface area (Å²) in [6.07, 6.45) is 8.57. The van der Waals surface area contributed by atoms with E-state index >= 15 is 4.79 Å². The maximum Gasteiger partial charge on any atom is 0.301 e. The van der Waals surface area contributed by atoms with Crippen molar-refractivity contribution in [2.24, 2.45) is 5.41 Å². The molecule has 4 fully saturated rings. The second-order valence-corrected chi connectivity index (χ2v) is 17.3. The molecule has 5 aliphatic rings. The molecule has 2 amide bonds. The molecule has 11 heteroatoms. The van der Waals surface area contributed by atoms with Crippen LogP contribution in [0.15, 0.2) is 66.7 Å². The summed E-state index contributed by atoms with van der Waals surface area (Å²) >= 11 is 0. The number of likely N-dealkylation sites (tertiary alicyclic amines) is 1. The summed E-state index contributed by atoms with van der Waals surface area (Å²) in [6, 6.07) is 21.6. The van der Waals surface area contributed by atoms with E-state index in [1.165, 1.54) is 17.5 Å². The van der Waals surface area contributed by atoms with Crippen LogP contribution in [0.1, 0.15) is 90.3 Å². The van der Waals surface area contributed by atoms with Gasteiger partial charge in [0.2, 0.25) is 5.91 Å². The van der Waals surface area contributed by atoms with Crippen molar-refractivity contribution in [2.45, 2.75) is 88.4 Å².